The van der Waals surface area contributed by atoms with Gasteiger partial charge >= 0.3 is 10.9 Å². The second-order valence-electron chi connectivity index (χ2n) is 8.17. The average molecular weight is 488 g/mol. The molecule has 1 unspecified atom stereocenters. The van der Waals surface area contributed by atoms with Gasteiger partial charge in [0.1, 0.15) is 0 Å². The number of fused-ring (bicyclic) bond motifs is 2. The minimum atomic E-state index is -4.38. The van der Waals surface area contributed by atoms with Gasteiger partial charge in [-0.3, -0.25) is 19.4 Å². The first-order valence-electron chi connectivity index (χ1n) is 10.8. The van der Waals surface area contributed by atoms with E-state index in [0.717, 1.165) is 10.5 Å². The first-order chi connectivity index (χ1) is 16.8. The zero-order valence-electron chi connectivity index (χ0n) is 18.3. The number of rotatable bonds is 5. The summed E-state index contributed by atoms with van der Waals surface area (Å²) in [6, 6.07) is 20.1. The summed E-state index contributed by atoms with van der Waals surface area (Å²) in [5, 5.41) is 19.9. The Morgan fingerprint density at radius 2 is 1.49 bits per heavy atom. The Labute approximate surface area is 201 Å². The van der Waals surface area contributed by atoms with Crippen LogP contribution in [0.3, 0.4) is 0 Å². The molecule has 0 radical (unpaired) electrons. The van der Waals surface area contributed by atoms with Crippen molar-refractivity contribution in [3.8, 4) is 0 Å². The number of amides is 2. The molecule has 0 bridgehead atoms. The molecule has 10 heteroatoms. The third-order valence-electron chi connectivity index (χ3n) is 6.16. The number of carbonyl (C=O) groups excluding carboxylic acids is 2. The summed E-state index contributed by atoms with van der Waals surface area (Å²) in [4.78, 5) is 31.0. The molecular weight excluding hydrogens is 468 g/mol. The Morgan fingerprint density at radius 3 is 2.11 bits per heavy atom. The normalized spacial score (nSPS) is 17.6. The van der Waals surface area contributed by atoms with Crippen LogP contribution in [-0.4, -0.2) is 42.8 Å². The molecule has 0 spiro atoms. The Balaban J connectivity index is 1.57. The molecule has 5 rings (SSSR count). The quantitative estimate of drug-likeness (QED) is 0.330. The van der Waals surface area contributed by atoms with Crippen LogP contribution in [0.4, 0.5) is 5.69 Å². The molecule has 174 valence electrons. The maximum Gasteiger partial charge on any atom is 0.538 e. The van der Waals surface area contributed by atoms with Gasteiger partial charge in [0.25, 0.3) is 21.7 Å². The predicted octanol–water partition coefficient (Wildman–Crippen LogP) is 3.73. The lowest BCUT2D eigenvalue weighted by Crippen LogP contribution is -2.44. The van der Waals surface area contributed by atoms with Gasteiger partial charge in [-0.15, -0.1) is 0 Å². The molecular formula is C25H19N4O5S+. The second-order valence-corrected chi connectivity index (χ2v) is 10.0. The van der Waals surface area contributed by atoms with Crippen LogP contribution in [0.15, 0.2) is 94.7 Å². The van der Waals surface area contributed by atoms with Gasteiger partial charge in [-0.05, 0) is 42.3 Å². The van der Waals surface area contributed by atoms with E-state index in [0.29, 0.717) is 12.1 Å². The monoisotopic (exact) mass is 487 g/mol. The van der Waals surface area contributed by atoms with Crippen LogP contribution in [-0.2, 0) is 16.3 Å². The van der Waals surface area contributed by atoms with Crippen LogP contribution >= 0.6 is 0 Å². The third-order valence-corrected chi connectivity index (χ3v) is 7.83. The van der Waals surface area contributed by atoms with Crippen LogP contribution in [0.5, 0.6) is 0 Å². The third kappa shape index (κ3) is 3.53. The van der Waals surface area contributed by atoms with Crippen molar-refractivity contribution in [3.63, 3.8) is 0 Å². The zero-order valence-corrected chi connectivity index (χ0v) is 19.1. The molecule has 0 fully saturated rings. The molecule has 3 aromatic carbocycles. The first kappa shape index (κ1) is 22.3. The van der Waals surface area contributed by atoms with Crippen LogP contribution in [0.1, 0.15) is 26.3 Å². The minimum absolute atomic E-state index is 0.116. The molecule has 0 saturated heterocycles. The van der Waals surface area contributed by atoms with Crippen molar-refractivity contribution >= 4 is 27.3 Å². The van der Waals surface area contributed by atoms with E-state index in [1.165, 1.54) is 29.2 Å². The van der Waals surface area contributed by atoms with Gasteiger partial charge in [0, 0.05) is 5.69 Å². The van der Waals surface area contributed by atoms with E-state index in [9.17, 15) is 28.5 Å². The van der Waals surface area contributed by atoms with Crippen molar-refractivity contribution in [3.05, 3.63) is 111 Å². The molecule has 0 saturated carbocycles. The summed E-state index contributed by atoms with van der Waals surface area (Å²) < 4.78 is 26.3. The van der Waals surface area contributed by atoms with Gasteiger partial charge in [-0.1, -0.05) is 48.5 Å². The largest absolute Gasteiger partial charge is 0.538 e. The number of aliphatic hydroxyl groups is 1. The smallest absolute Gasteiger partial charge is 0.488 e. The fourth-order valence-corrected chi connectivity index (χ4v) is 5.73. The average Bonchev–Trinajstić information content (AvgIpc) is 3.35. The Morgan fingerprint density at radius 1 is 0.914 bits per heavy atom. The Bertz CT molecular complexity index is 1510. The molecule has 2 amide bonds. The number of benzene rings is 3. The number of para-hydroxylation sites is 1. The van der Waals surface area contributed by atoms with Crippen molar-refractivity contribution in [2.24, 2.45) is 0 Å². The lowest BCUT2D eigenvalue weighted by Gasteiger charge is -2.28. The topological polar surface area (TPSA) is 123 Å². The molecule has 35 heavy (non-hydrogen) atoms. The summed E-state index contributed by atoms with van der Waals surface area (Å²) in [6.07, 6.45) is 0.317. The molecule has 2 aliphatic rings. The number of diazo groups is 1. The van der Waals surface area contributed by atoms with E-state index in [4.69, 9.17) is 0 Å². The number of anilines is 1. The van der Waals surface area contributed by atoms with Gasteiger partial charge in [0.2, 0.25) is 5.39 Å². The number of hydrogen-bond donors (Lipinski definition) is 1. The van der Waals surface area contributed by atoms with E-state index >= 15 is 0 Å². The lowest BCUT2D eigenvalue weighted by atomic mass is 10.1. The lowest BCUT2D eigenvalue weighted by molar-refractivity contribution is 0.0643. The molecule has 0 aromatic heterocycles. The number of nitrogens with zero attached hydrogens (tertiary/aromatic N) is 4. The highest BCUT2D eigenvalue weighted by Gasteiger charge is 2.46. The summed E-state index contributed by atoms with van der Waals surface area (Å²) in [6.45, 7) is -0.116. The molecule has 9 nitrogen and oxygen atoms in total. The number of imide groups is 1. The minimum Gasteiger partial charge on any atom is -0.488 e. The standard InChI is InChI=1S/C25H18N4O5S/c26-27-22(35(33,34)18-9-2-1-3-10-18)25(32)29-17(14-16-8-4-7-13-21(16)29)15-28-23(30)19-11-5-6-12-20(19)24(28)31/h1-13,17H,14-15H2/p+1/b25-22-. The van der Waals surface area contributed by atoms with E-state index in [2.05, 4.69) is 4.98 Å². The highest BCUT2D eigenvalue weighted by Crippen LogP contribution is 2.38. The van der Waals surface area contributed by atoms with Crippen molar-refractivity contribution < 1.29 is 23.1 Å². The van der Waals surface area contributed by atoms with E-state index in [1.54, 1.807) is 54.6 Å². The van der Waals surface area contributed by atoms with Crippen LogP contribution < -0.4 is 4.90 Å². The molecule has 3 aromatic rings. The van der Waals surface area contributed by atoms with Crippen molar-refractivity contribution in [2.45, 2.75) is 17.4 Å². The summed E-state index contributed by atoms with van der Waals surface area (Å²) in [5.74, 6) is -1.73. The highest BCUT2D eigenvalue weighted by molar-refractivity contribution is 7.95. The summed E-state index contributed by atoms with van der Waals surface area (Å²) >= 11 is 0. The van der Waals surface area contributed by atoms with E-state index < -0.39 is 38.6 Å². The van der Waals surface area contributed by atoms with Crippen molar-refractivity contribution in [1.29, 1.82) is 5.39 Å². The SMILES string of the molecule is N#[N+]/C(=C(/O)N1c2ccccc2CC1CN1C(=O)c2ccccc2C1=O)S(=O)(=O)c1ccccc1. The number of hydrogen-bond acceptors (Lipinski definition) is 7. The van der Waals surface area contributed by atoms with Crippen molar-refractivity contribution in [2.75, 3.05) is 11.4 Å². The maximum atomic E-state index is 13.2. The van der Waals surface area contributed by atoms with Crippen molar-refractivity contribution in [1.82, 2.24) is 4.90 Å². The molecule has 0 aliphatic carbocycles. The zero-order chi connectivity index (χ0) is 24.7. The van der Waals surface area contributed by atoms with Crippen LogP contribution in [0.2, 0.25) is 0 Å². The van der Waals surface area contributed by atoms with Gasteiger partial charge in [-0.25, -0.2) is 8.42 Å². The first-order valence-corrected chi connectivity index (χ1v) is 12.2. The molecule has 1 atom stereocenters. The summed E-state index contributed by atoms with van der Waals surface area (Å²) in [5.41, 5.74) is 1.83. The van der Waals surface area contributed by atoms with Crippen LogP contribution in [0.25, 0.3) is 4.98 Å². The number of sulfone groups is 1. The van der Waals surface area contributed by atoms with Gasteiger partial charge in [0.05, 0.1) is 28.6 Å². The fraction of sp³-hybridized carbons (Fsp3) is 0.120. The van der Waals surface area contributed by atoms with Gasteiger partial charge in [0.15, 0.2) is 4.98 Å². The predicted molar refractivity (Wildman–Crippen MR) is 127 cm³/mol. The van der Waals surface area contributed by atoms with Crippen LogP contribution in [0, 0.1) is 5.39 Å². The Hall–Kier alpha value is -4.49. The van der Waals surface area contributed by atoms with E-state index in [1.807, 2.05) is 0 Å². The molecule has 2 heterocycles. The summed E-state index contributed by atoms with van der Waals surface area (Å²) in [7, 11) is -4.38. The molecule has 2 aliphatic heterocycles. The molecule has 1 N–H and O–H groups in total. The number of carbonyl (C=O) groups is 2. The highest BCUT2D eigenvalue weighted by atomic mass is 32.2. The second kappa shape index (κ2) is 8.38. The fourth-order valence-electron chi connectivity index (χ4n) is 4.54. The Kier molecular flexibility index (Phi) is 5.34. The number of aliphatic hydroxyl groups excluding tert-OH is 1. The van der Waals surface area contributed by atoms with Gasteiger partial charge < -0.3 is 5.11 Å². The van der Waals surface area contributed by atoms with E-state index in [-0.39, 0.29) is 22.6 Å². The van der Waals surface area contributed by atoms with Gasteiger partial charge in [-0.2, -0.15) is 0 Å². The maximum absolute atomic E-state index is 13.2.